The molecule has 7 nitrogen and oxygen atoms in total. The van der Waals surface area contributed by atoms with E-state index in [2.05, 4.69) is 21.7 Å². The Morgan fingerprint density at radius 1 is 1.29 bits per heavy atom. The standard InChI is InChI=1S/C19H29FN4O3S/c1-19(5-9-27-10-6-19)22-28(25,26)15-11-16(20)18(21-12-15)24-8-4-17-14(13-24)3-7-23(17)2/h11-12,14,17,22H,3-10,13H2,1-2H3. The normalized spacial score (nSPS) is 28.3. The number of likely N-dealkylation sites (tertiary alicyclic amines) is 1. The molecule has 0 saturated carbocycles. The van der Waals surface area contributed by atoms with Crippen molar-refractivity contribution in [1.82, 2.24) is 14.6 Å². The number of piperidine rings is 1. The second kappa shape index (κ2) is 7.51. The van der Waals surface area contributed by atoms with Crippen LogP contribution in [0, 0.1) is 11.7 Å². The van der Waals surface area contributed by atoms with Crippen LogP contribution in [0.25, 0.3) is 0 Å². The highest BCUT2D eigenvalue weighted by molar-refractivity contribution is 7.89. The Bertz CT molecular complexity index is 828. The smallest absolute Gasteiger partial charge is 0.242 e. The van der Waals surface area contributed by atoms with E-state index in [1.54, 1.807) is 0 Å². The monoisotopic (exact) mass is 412 g/mol. The Morgan fingerprint density at radius 2 is 2.04 bits per heavy atom. The van der Waals surface area contributed by atoms with E-state index in [0.717, 1.165) is 38.5 Å². The maximum Gasteiger partial charge on any atom is 0.242 e. The summed E-state index contributed by atoms with van der Waals surface area (Å²) in [5, 5.41) is 0. The van der Waals surface area contributed by atoms with E-state index in [1.165, 1.54) is 6.20 Å². The summed E-state index contributed by atoms with van der Waals surface area (Å²) in [6.45, 7) is 5.45. The van der Waals surface area contributed by atoms with Gasteiger partial charge in [0.05, 0.1) is 0 Å². The van der Waals surface area contributed by atoms with Gasteiger partial charge in [0.15, 0.2) is 11.6 Å². The second-order valence-corrected chi connectivity index (χ2v) is 10.3. The van der Waals surface area contributed by atoms with Gasteiger partial charge in [-0.25, -0.2) is 22.5 Å². The molecule has 3 fully saturated rings. The van der Waals surface area contributed by atoms with E-state index < -0.39 is 21.4 Å². The van der Waals surface area contributed by atoms with Gasteiger partial charge in [0.2, 0.25) is 10.0 Å². The summed E-state index contributed by atoms with van der Waals surface area (Å²) >= 11 is 0. The summed E-state index contributed by atoms with van der Waals surface area (Å²) in [6, 6.07) is 1.66. The number of anilines is 1. The second-order valence-electron chi connectivity index (χ2n) is 8.59. The molecule has 4 heterocycles. The first kappa shape index (κ1) is 20.0. The van der Waals surface area contributed by atoms with Crippen LogP contribution in [0.15, 0.2) is 17.2 Å². The van der Waals surface area contributed by atoms with E-state index in [-0.39, 0.29) is 10.7 Å². The lowest BCUT2D eigenvalue weighted by molar-refractivity contribution is 0.0537. The van der Waals surface area contributed by atoms with Crippen molar-refractivity contribution < 1.29 is 17.5 Å². The summed E-state index contributed by atoms with van der Waals surface area (Å²) in [7, 11) is -1.70. The lowest BCUT2D eigenvalue weighted by atomic mass is 9.93. The van der Waals surface area contributed by atoms with Gasteiger partial charge >= 0.3 is 0 Å². The number of rotatable bonds is 4. The average Bonchev–Trinajstić information content (AvgIpc) is 3.02. The van der Waals surface area contributed by atoms with Gasteiger partial charge in [0, 0.05) is 44.1 Å². The predicted octanol–water partition coefficient (Wildman–Crippen LogP) is 1.60. The van der Waals surface area contributed by atoms with Crippen LogP contribution < -0.4 is 9.62 Å². The van der Waals surface area contributed by atoms with Crippen LogP contribution in [0.3, 0.4) is 0 Å². The molecule has 0 spiro atoms. The molecule has 0 amide bonds. The molecule has 0 bridgehead atoms. The number of fused-ring (bicyclic) bond motifs is 1. The molecule has 0 aliphatic carbocycles. The van der Waals surface area contributed by atoms with Crippen molar-refractivity contribution in [2.24, 2.45) is 5.92 Å². The lowest BCUT2D eigenvalue weighted by Gasteiger charge is -2.37. The molecule has 1 N–H and O–H groups in total. The summed E-state index contributed by atoms with van der Waals surface area (Å²) < 4.78 is 48.4. The summed E-state index contributed by atoms with van der Waals surface area (Å²) in [5.41, 5.74) is -0.581. The molecule has 1 aromatic heterocycles. The van der Waals surface area contributed by atoms with Gasteiger partial charge in [-0.05, 0) is 58.2 Å². The Labute approximate surface area is 166 Å². The van der Waals surface area contributed by atoms with E-state index >= 15 is 0 Å². The number of hydrogen-bond acceptors (Lipinski definition) is 6. The number of halogens is 1. The zero-order valence-electron chi connectivity index (χ0n) is 16.5. The molecule has 28 heavy (non-hydrogen) atoms. The molecule has 156 valence electrons. The van der Waals surface area contributed by atoms with Crippen LogP contribution in [-0.4, -0.2) is 69.8 Å². The van der Waals surface area contributed by atoms with Gasteiger partial charge in [0.1, 0.15) is 4.90 Å². The number of sulfonamides is 1. The molecule has 2 unspecified atom stereocenters. The number of aromatic nitrogens is 1. The molecule has 3 saturated heterocycles. The number of ether oxygens (including phenoxy) is 1. The van der Waals surface area contributed by atoms with Gasteiger partial charge in [-0.1, -0.05) is 0 Å². The van der Waals surface area contributed by atoms with Gasteiger partial charge in [-0.15, -0.1) is 0 Å². The molecule has 9 heteroatoms. The predicted molar refractivity (Wildman–Crippen MR) is 104 cm³/mol. The summed E-state index contributed by atoms with van der Waals surface area (Å²) in [5.74, 6) is 0.188. The number of hydrogen-bond donors (Lipinski definition) is 1. The average molecular weight is 413 g/mol. The topological polar surface area (TPSA) is 74.8 Å². The lowest BCUT2D eigenvalue weighted by Crippen LogP contribution is -2.49. The van der Waals surface area contributed by atoms with Crippen molar-refractivity contribution in [3.05, 3.63) is 18.1 Å². The Kier molecular flexibility index (Phi) is 5.37. The summed E-state index contributed by atoms with van der Waals surface area (Å²) in [4.78, 5) is 8.42. The fourth-order valence-electron chi connectivity index (χ4n) is 4.71. The largest absolute Gasteiger partial charge is 0.381 e. The minimum Gasteiger partial charge on any atom is -0.381 e. The minimum absolute atomic E-state index is 0.128. The number of nitrogens with one attached hydrogen (secondary N) is 1. The van der Waals surface area contributed by atoms with E-state index in [0.29, 0.717) is 38.0 Å². The Hall–Kier alpha value is -1.29. The number of nitrogens with zero attached hydrogens (tertiary/aromatic N) is 3. The van der Waals surface area contributed by atoms with Gasteiger partial charge < -0.3 is 14.5 Å². The zero-order chi connectivity index (χ0) is 19.9. The maximum atomic E-state index is 14.8. The Morgan fingerprint density at radius 3 is 2.75 bits per heavy atom. The van der Waals surface area contributed by atoms with Crippen molar-refractivity contribution in [3.8, 4) is 0 Å². The third kappa shape index (κ3) is 3.90. The highest BCUT2D eigenvalue weighted by Crippen LogP contribution is 2.33. The van der Waals surface area contributed by atoms with Gasteiger partial charge in [-0.2, -0.15) is 0 Å². The highest BCUT2D eigenvalue weighted by Gasteiger charge is 2.38. The first-order valence-electron chi connectivity index (χ1n) is 10.00. The first-order valence-corrected chi connectivity index (χ1v) is 11.5. The van der Waals surface area contributed by atoms with Crippen LogP contribution in [0.4, 0.5) is 10.2 Å². The molecule has 0 aromatic carbocycles. The highest BCUT2D eigenvalue weighted by atomic mass is 32.2. The van der Waals surface area contributed by atoms with Crippen molar-refractivity contribution in [1.29, 1.82) is 0 Å². The molecule has 1 aromatic rings. The van der Waals surface area contributed by atoms with Crippen molar-refractivity contribution >= 4 is 15.8 Å². The molecular formula is C19H29FN4O3S. The van der Waals surface area contributed by atoms with E-state index in [9.17, 15) is 12.8 Å². The molecule has 0 radical (unpaired) electrons. The van der Waals surface area contributed by atoms with Crippen molar-refractivity contribution in [2.75, 3.05) is 44.8 Å². The minimum atomic E-state index is -3.84. The molecule has 3 aliphatic heterocycles. The first-order chi connectivity index (χ1) is 13.3. The molecule has 4 rings (SSSR count). The Balaban J connectivity index is 1.50. The molecular weight excluding hydrogens is 383 g/mol. The van der Waals surface area contributed by atoms with Crippen LogP contribution in [0.2, 0.25) is 0 Å². The SMILES string of the molecule is CN1CCC2CN(c3ncc(S(=O)(=O)NC4(C)CCOCC4)cc3F)CCC21. The van der Waals surface area contributed by atoms with Crippen LogP contribution in [-0.2, 0) is 14.8 Å². The molecule has 3 aliphatic rings. The van der Waals surface area contributed by atoms with Crippen molar-refractivity contribution in [3.63, 3.8) is 0 Å². The van der Waals surface area contributed by atoms with E-state index in [4.69, 9.17) is 4.74 Å². The fraction of sp³-hybridized carbons (Fsp3) is 0.737. The van der Waals surface area contributed by atoms with Gasteiger partial charge in [-0.3, -0.25) is 0 Å². The maximum absolute atomic E-state index is 14.8. The molecule has 2 atom stereocenters. The zero-order valence-corrected chi connectivity index (χ0v) is 17.3. The van der Waals surface area contributed by atoms with Crippen LogP contribution in [0.5, 0.6) is 0 Å². The third-order valence-electron chi connectivity index (χ3n) is 6.50. The fourth-order valence-corrected chi connectivity index (χ4v) is 6.13. The number of pyridine rings is 1. The van der Waals surface area contributed by atoms with E-state index in [1.807, 2.05) is 11.8 Å². The third-order valence-corrected chi connectivity index (χ3v) is 8.10. The summed E-state index contributed by atoms with van der Waals surface area (Å²) in [6.07, 6.45) is 4.54. The van der Waals surface area contributed by atoms with Crippen LogP contribution in [0.1, 0.15) is 32.6 Å². The van der Waals surface area contributed by atoms with Crippen molar-refractivity contribution in [2.45, 2.75) is 49.1 Å². The quantitative estimate of drug-likeness (QED) is 0.810. The van der Waals surface area contributed by atoms with Crippen LogP contribution >= 0.6 is 0 Å². The van der Waals surface area contributed by atoms with Gasteiger partial charge in [0.25, 0.3) is 0 Å².